The molecule has 0 radical (unpaired) electrons. The zero-order valence-electron chi connectivity index (χ0n) is 8.94. The van der Waals surface area contributed by atoms with Crippen molar-refractivity contribution < 1.29 is 9.59 Å². The van der Waals surface area contributed by atoms with Gasteiger partial charge in [-0.05, 0) is 6.42 Å². The summed E-state index contributed by atoms with van der Waals surface area (Å²) in [5.74, 6) is -0.320. The van der Waals surface area contributed by atoms with E-state index in [1.807, 2.05) is 0 Å². The van der Waals surface area contributed by atoms with Crippen molar-refractivity contribution in [2.45, 2.75) is 18.9 Å². The van der Waals surface area contributed by atoms with Crippen LogP contribution in [0.3, 0.4) is 0 Å². The molecular weight excluding hydrogens is 244 g/mol. The minimum atomic E-state index is -0.332. The Bertz CT molecular complexity index is 442. The fourth-order valence-corrected chi connectivity index (χ4v) is 1.71. The van der Waals surface area contributed by atoms with E-state index in [1.165, 1.54) is 12.4 Å². The lowest BCUT2D eigenvalue weighted by molar-refractivity contribution is -0.122. The first-order valence-corrected chi connectivity index (χ1v) is 5.58. The van der Waals surface area contributed by atoms with E-state index in [0.717, 1.165) is 0 Å². The molecular formula is C10H11ClN4O2. The maximum Gasteiger partial charge on any atom is 0.271 e. The number of hydrogen-bond donors (Lipinski definition) is 2. The predicted octanol–water partition coefficient (Wildman–Crippen LogP) is 0.138. The van der Waals surface area contributed by atoms with Crippen LogP contribution in [0.4, 0.5) is 0 Å². The Morgan fingerprint density at radius 2 is 2.35 bits per heavy atom. The molecule has 17 heavy (non-hydrogen) atoms. The summed E-state index contributed by atoms with van der Waals surface area (Å²) in [6.45, 7) is 0.443. The van der Waals surface area contributed by atoms with E-state index in [-0.39, 0.29) is 28.7 Å². The highest BCUT2D eigenvalue weighted by Crippen LogP contribution is 2.05. The summed E-state index contributed by atoms with van der Waals surface area (Å²) >= 11 is 5.64. The van der Waals surface area contributed by atoms with Gasteiger partial charge in [-0.25, -0.2) is 4.98 Å². The van der Waals surface area contributed by atoms with E-state index >= 15 is 0 Å². The molecule has 0 bridgehead atoms. The fourth-order valence-electron chi connectivity index (χ4n) is 1.57. The van der Waals surface area contributed by atoms with Gasteiger partial charge in [-0.1, -0.05) is 11.6 Å². The number of carbonyl (C=O) groups excluding carboxylic acids is 2. The number of rotatable bonds is 2. The normalized spacial score (nSPS) is 19.6. The van der Waals surface area contributed by atoms with Gasteiger partial charge in [0.1, 0.15) is 10.8 Å². The maximum absolute atomic E-state index is 11.8. The monoisotopic (exact) mass is 254 g/mol. The number of piperidine rings is 1. The van der Waals surface area contributed by atoms with Gasteiger partial charge < -0.3 is 10.6 Å². The van der Waals surface area contributed by atoms with Crippen LogP contribution in [0.15, 0.2) is 12.4 Å². The lowest BCUT2D eigenvalue weighted by Crippen LogP contribution is -2.47. The summed E-state index contributed by atoms with van der Waals surface area (Å²) in [5.41, 5.74) is 0.175. The maximum atomic E-state index is 11.8. The van der Waals surface area contributed by atoms with E-state index in [9.17, 15) is 9.59 Å². The van der Waals surface area contributed by atoms with Crippen molar-refractivity contribution in [2.24, 2.45) is 0 Å². The van der Waals surface area contributed by atoms with Crippen molar-refractivity contribution in [1.29, 1.82) is 0 Å². The van der Waals surface area contributed by atoms with Crippen molar-refractivity contribution in [1.82, 2.24) is 20.6 Å². The Balaban J connectivity index is 1.95. The third-order valence-corrected chi connectivity index (χ3v) is 2.62. The molecule has 1 aliphatic heterocycles. The molecule has 1 atom stereocenters. The quantitative estimate of drug-likeness (QED) is 0.786. The Kier molecular flexibility index (Phi) is 3.53. The van der Waals surface area contributed by atoms with Crippen LogP contribution in [0.25, 0.3) is 0 Å². The fraction of sp³-hybridized carbons (Fsp3) is 0.400. The number of carbonyl (C=O) groups is 2. The summed E-state index contributed by atoms with van der Waals surface area (Å²) in [6.07, 6.45) is 3.76. The van der Waals surface area contributed by atoms with Crippen LogP contribution in [0.1, 0.15) is 23.3 Å². The van der Waals surface area contributed by atoms with Crippen molar-refractivity contribution >= 4 is 23.4 Å². The molecule has 1 aromatic heterocycles. The summed E-state index contributed by atoms with van der Waals surface area (Å²) in [6, 6.07) is -0.0685. The second-order valence-corrected chi connectivity index (χ2v) is 4.13. The molecule has 0 aromatic carbocycles. The van der Waals surface area contributed by atoms with Gasteiger partial charge in [-0.2, -0.15) is 0 Å². The topological polar surface area (TPSA) is 84.0 Å². The van der Waals surface area contributed by atoms with Crippen LogP contribution in [0.5, 0.6) is 0 Å². The number of halogens is 1. The van der Waals surface area contributed by atoms with E-state index in [0.29, 0.717) is 19.4 Å². The van der Waals surface area contributed by atoms with Crippen molar-refractivity contribution in [2.75, 3.05) is 6.54 Å². The summed E-state index contributed by atoms with van der Waals surface area (Å²) in [4.78, 5) is 30.3. The van der Waals surface area contributed by atoms with Crippen molar-refractivity contribution in [3.8, 4) is 0 Å². The van der Waals surface area contributed by atoms with E-state index in [2.05, 4.69) is 20.6 Å². The third-order valence-electron chi connectivity index (χ3n) is 2.44. The molecule has 2 N–H and O–H groups in total. The Hall–Kier alpha value is -1.69. The van der Waals surface area contributed by atoms with Gasteiger partial charge >= 0.3 is 0 Å². The highest BCUT2D eigenvalue weighted by molar-refractivity contribution is 6.29. The number of amides is 2. The van der Waals surface area contributed by atoms with Crippen LogP contribution in [-0.2, 0) is 4.79 Å². The Morgan fingerprint density at radius 3 is 3.00 bits per heavy atom. The molecule has 0 saturated carbocycles. The zero-order valence-corrected chi connectivity index (χ0v) is 9.70. The SMILES string of the molecule is O=C1CCC(NC(=O)c2cncc(Cl)n2)CN1. The summed E-state index contributed by atoms with van der Waals surface area (Å²) in [7, 11) is 0. The first kappa shape index (κ1) is 11.8. The standard InChI is InChI=1S/C10H11ClN4O2/c11-8-5-12-4-7(15-8)10(17)14-6-1-2-9(16)13-3-6/h4-6H,1-3H2,(H,13,16)(H,14,17). The van der Waals surface area contributed by atoms with Gasteiger partial charge in [0, 0.05) is 19.0 Å². The summed E-state index contributed by atoms with van der Waals surface area (Å²) < 4.78 is 0. The van der Waals surface area contributed by atoms with Gasteiger partial charge in [0.25, 0.3) is 5.91 Å². The third kappa shape index (κ3) is 3.13. The van der Waals surface area contributed by atoms with Gasteiger partial charge in [0.2, 0.25) is 5.91 Å². The second kappa shape index (κ2) is 5.09. The van der Waals surface area contributed by atoms with Gasteiger partial charge in [-0.3, -0.25) is 14.6 Å². The molecule has 0 spiro atoms. The van der Waals surface area contributed by atoms with Crippen LogP contribution < -0.4 is 10.6 Å². The van der Waals surface area contributed by atoms with Gasteiger partial charge in [-0.15, -0.1) is 0 Å². The summed E-state index contributed by atoms with van der Waals surface area (Å²) in [5, 5.41) is 5.63. The van der Waals surface area contributed by atoms with Crippen molar-refractivity contribution in [3.05, 3.63) is 23.2 Å². The smallest absolute Gasteiger partial charge is 0.271 e. The lowest BCUT2D eigenvalue weighted by atomic mass is 10.1. The number of hydrogen-bond acceptors (Lipinski definition) is 4. The highest BCUT2D eigenvalue weighted by Gasteiger charge is 2.20. The van der Waals surface area contributed by atoms with Crippen LogP contribution in [-0.4, -0.2) is 34.4 Å². The van der Waals surface area contributed by atoms with Gasteiger partial charge in [0.15, 0.2) is 0 Å². The number of aromatic nitrogens is 2. The molecule has 1 unspecified atom stereocenters. The zero-order chi connectivity index (χ0) is 12.3. The molecule has 1 aliphatic rings. The number of nitrogens with zero attached hydrogens (tertiary/aromatic N) is 2. The lowest BCUT2D eigenvalue weighted by Gasteiger charge is -2.23. The Morgan fingerprint density at radius 1 is 1.53 bits per heavy atom. The van der Waals surface area contributed by atoms with Crippen LogP contribution in [0, 0.1) is 0 Å². The Labute approximate surface area is 103 Å². The van der Waals surface area contributed by atoms with E-state index in [4.69, 9.17) is 11.6 Å². The first-order chi connectivity index (χ1) is 8.15. The van der Waals surface area contributed by atoms with Gasteiger partial charge in [0.05, 0.1) is 12.4 Å². The molecule has 7 heteroatoms. The van der Waals surface area contributed by atoms with E-state index < -0.39 is 0 Å². The van der Waals surface area contributed by atoms with Crippen LogP contribution >= 0.6 is 11.6 Å². The highest BCUT2D eigenvalue weighted by atomic mass is 35.5. The predicted molar refractivity (Wildman–Crippen MR) is 60.5 cm³/mol. The molecule has 1 aromatic rings. The average molecular weight is 255 g/mol. The number of nitrogens with one attached hydrogen (secondary N) is 2. The average Bonchev–Trinajstić information content (AvgIpc) is 2.32. The van der Waals surface area contributed by atoms with Crippen molar-refractivity contribution in [3.63, 3.8) is 0 Å². The largest absolute Gasteiger partial charge is 0.354 e. The first-order valence-electron chi connectivity index (χ1n) is 5.20. The molecule has 90 valence electrons. The molecule has 2 amide bonds. The molecule has 1 fully saturated rings. The molecule has 0 aliphatic carbocycles. The molecule has 2 heterocycles. The molecule has 1 saturated heterocycles. The molecule has 6 nitrogen and oxygen atoms in total. The van der Waals surface area contributed by atoms with E-state index in [1.54, 1.807) is 0 Å². The second-order valence-electron chi connectivity index (χ2n) is 3.74. The minimum absolute atomic E-state index is 0.0121. The van der Waals surface area contributed by atoms with Crippen LogP contribution in [0.2, 0.25) is 5.15 Å². The minimum Gasteiger partial charge on any atom is -0.354 e. The molecule has 2 rings (SSSR count).